The highest BCUT2D eigenvalue weighted by Crippen LogP contribution is 2.51. The summed E-state index contributed by atoms with van der Waals surface area (Å²) >= 11 is 0. The van der Waals surface area contributed by atoms with Crippen LogP contribution < -0.4 is 0 Å². The summed E-state index contributed by atoms with van der Waals surface area (Å²) in [5.41, 5.74) is 25.0. The van der Waals surface area contributed by atoms with Crippen LogP contribution in [0.3, 0.4) is 0 Å². The molecule has 17 aromatic rings. The Bertz CT molecular complexity index is 6030. The zero-order valence-electron chi connectivity index (χ0n) is 63.3. The molecule has 0 atom stereocenters. The Kier molecular flexibility index (Phi) is 20.2. The number of fused-ring (bicyclic) bond motifs is 6. The van der Waals surface area contributed by atoms with E-state index in [1.165, 1.54) is 77.9 Å². The quantitative estimate of drug-likeness (QED) is 0.119. The van der Waals surface area contributed by atoms with Crippen molar-refractivity contribution in [2.75, 3.05) is 0 Å². The number of rotatable bonds is 11. The Balaban J connectivity index is 0.000000115. The average Bonchev–Trinajstić information content (AvgIpc) is 1.58. The van der Waals surface area contributed by atoms with Crippen LogP contribution in [0.25, 0.3) is 147 Å². The smallest absolute Gasteiger partial charge is 0.178 e. The van der Waals surface area contributed by atoms with Crippen molar-refractivity contribution in [1.29, 1.82) is 0 Å². The summed E-state index contributed by atoms with van der Waals surface area (Å²) in [5, 5.41) is 0. The SMILES string of the molecule is Cc1nc(-c2ccc(-c3ccccc3)cc2)nc(-c2ccc(-c3ccccc3)cc2)n1.Cc1nc(-c2ccc(-c3ccccc3)cc2)nc(-c2ccc3c(c2)C(C)(C)c2ccccc2-3)n1.Cc1nc(-c2ccccc2)nc(-c2ccc3c(c2)C(C)(C)c2ccccc2-3)n1.Cc1nc(-c2ncccn2)cc(-c2ncccn2)n1. The van der Waals surface area contributed by atoms with Crippen molar-refractivity contribution in [3.63, 3.8) is 0 Å². The first kappa shape index (κ1) is 71.9. The molecule has 19 rings (SSSR count). The van der Waals surface area contributed by atoms with E-state index in [0.717, 1.165) is 50.9 Å². The molecule has 0 bridgehead atoms. The summed E-state index contributed by atoms with van der Waals surface area (Å²) in [7, 11) is 0. The monoisotopic (exact) mass is 1450 g/mol. The van der Waals surface area contributed by atoms with Crippen LogP contribution in [0, 0.1) is 27.7 Å². The molecule has 15 nitrogen and oxygen atoms in total. The summed E-state index contributed by atoms with van der Waals surface area (Å²) in [5.74, 6) is 8.13. The highest BCUT2D eigenvalue weighted by atomic mass is 15.0. The van der Waals surface area contributed by atoms with Crippen molar-refractivity contribution in [1.82, 2.24) is 74.8 Å². The molecule has 0 radical (unpaired) electrons. The van der Waals surface area contributed by atoms with Crippen LogP contribution in [0.1, 0.15) is 73.2 Å². The lowest BCUT2D eigenvalue weighted by Crippen LogP contribution is -2.15. The maximum Gasteiger partial charge on any atom is 0.178 e. The summed E-state index contributed by atoms with van der Waals surface area (Å²) in [6.07, 6.45) is 6.72. The lowest BCUT2D eigenvalue weighted by molar-refractivity contribution is 0.660. The maximum absolute atomic E-state index is 4.88. The van der Waals surface area contributed by atoms with E-state index in [-0.39, 0.29) is 10.8 Å². The van der Waals surface area contributed by atoms with E-state index in [0.29, 0.717) is 63.8 Å². The maximum atomic E-state index is 4.88. The summed E-state index contributed by atoms with van der Waals surface area (Å²) in [6.45, 7) is 16.7. The van der Waals surface area contributed by atoms with Gasteiger partial charge in [0.2, 0.25) is 0 Å². The molecule has 112 heavy (non-hydrogen) atoms. The second-order valence-corrected chi connectivity index (χ2v) is 28.5. The third kappa shape index (κ3) is 15.4. The van der Waals surface area contributed by atoms with E-state index in [1.807, 2.05) is 100 Å². The van der Waals surface area contributed by atoms with Crippen LogP contribution in [0.2, 0.25) is 0 Å². The van der Waals surface area contributed by atoms with E-state index >= 15 is 0 Å². The van der Waals surface area contributed by atoms with Gasteiger partial charge in [0, 0.05) is 69.0 Å². The van der Waals surface area contributed by atoms with Crippen LogP contribution in [0.15, 0.2) is 322 Å². The topological polar surface area (TPSA) is 193 Å². The first-order valence-electron chi connectivity index (χ1n) is 37.2. The zero-order valence-corrected chi connectivity index (χ0v) is 63.3. The van der Waals surface area contributed by atoms with Crippen LogP contribution in [0.5, 0.6) is 0 Å². The van der Waals surface area contributed by atoms with Gasteiger partial charge in [-0.1, -0.05) is 295 Å². The predicted octanol–water partition coefficient (Wildman–Crippen LogP) is 21.9. The molecular formula is C97H77N15. The zero-order chi connectivity index (χ0) is 76.7. The Hall–Kier alpha value is -14.3. The van der Waals surface area contributed by atoms with Gasteiger partial charge in [0.05, 0.1) is 0 Å². The summed E-state index contributed by atoms with van der Waals surface area (Å²) < 4.78 is 0. The molecule has 0 saturated carbocycles. The first-order valence-corrected chi connectivity index (χ1v) is 37.2. The lowest BCUT2D eigenvalue weighted by Gasteiger charge is -2.21. The van der Waals surface area contributed by atoms with Gasteiger partial charge in [0.15, 0.2) is 46.6 Å². The summed E-state index contributed by atoms with van der Waals surface area (Å²) in [4.78, 5) is 67.5. The number of nitrogens with zero attached hydrogens (tertiary/aromatic N) is 15. The standard InChI is InChI=1S/C31H25N3.C28H21N3.C25H21N3.C13H10N6/c1-20-32-29(23-15-13-22(14-16-23)21-9-5-4-6-10-21)34-30(33-20)24-17-18-26-25-11-7-8-12-27(25)31(2,3)28(26)19-24;1-20-29-27(25-16-12-23(13-17-25)21-8-4-2-5-9-21)31-28(30-20)26-18-14-24(15-19-26)22-10-6-3-7-11-22;1-16-26-23(17-9-5-4-6-10-17)28-24(27-16)18-13-14-20-19-11-7-8-12-21(19)25(2,3)22(20)15-18;1-9-18-10(12-14-4-2-5-15-12)8-11(19-9)13-16-6-3-7-17-13/h4-19H,1-3H3;2-19H,1H3;4-15H,1-3H3;2-8H,1H3. The van der Waals surface area contributed by atoms with E-state index in [9.17, 15) is 0 Å². The van der Waals surface area contributed by atoms with Gasteiger partial charge in [-0.3, -0.25) is 0 Å². The number of hydrogen-bond donors (Lipinski definition) is 0. The second kappa shape index (κ2) is 31.5. The number of hydrogen-bond acceptors (Lipinski definition) is 15. The molecule has 0 fully saturated rings. The third-order valence-electron chi connectivity index (χ3n) is 20.1. The van der Waals surface area contributed by atoms with E-state index in [1.54, 1.807) is 43.0 Å². The van der Waals surface area contributed by atoms with Crippen molar-refractivity contribution in [2.45, 2.75) is 66.2 Å². The molecule has 2 aliphatic rings. The fourth-order valence-corrected chi connectivity index (χ4v) is 14.5. The normalized spacial score (nSPS) is 12.2. The van der Waals surface area contributed by atoms with Crippen molar-refractivity contribution in [3.8, 4) is 147 Å². The van der Waals surface area contributed by atoms with Crippen molar-refractivity contribution in [3.05, 3.63) is 368 Å². The molecule has 11 aromatic carbocycles. The van der Waals surface area contributed by atoms with E-state index in [4.69, 9.17) is 19.9 Å². The van der Waals surface area contributed by atoms with Gasteiger partial charge in [-0.15, -0.1) is 0 Å². The minimum atomic E-state index is -0.0554. The molecular weight excluding hydrogens is 1380 g/mol. The van der Waals surface area contributed by atoms with Crippen LogP contribution >= 0.6 is 0 Å². The number of benzene rings is 11. The van der Waals surface area contributed by atoms with Gasteiger partial charge >= 0.3 is 0 Å². The van der Waals surface area contributed by atoms with Gasteiger partial charge in [0.1, 0.15) is 34.7 Å². The minimum Gasteiger partial charge on any atom is -0.235 e. The minimum absolute atomic E-state index is 0.0354. The highest BCUT2D eigenvalue weighted by molar-refractivity contribution is 5.85. The molecule has 6 heterocycles. The molecule has 15 heteroatoms. The molecule has 2 aliphatic carbocycles. The second-order valence-electron chi connectivity index (χ2n) is 28.5. The molecule has 0 amide bonds. The molecule has 6 aromatic heterocycles. The van der Waals surface area contributed by atoms with Crippen LogP contribution in [-0.4, -0.2) is 74.8 Å². The highest BCUT2D eigenvalue weighted by Gasteiger charge is 2.37. The summed E-state index contributed by atoms with van der Waals surface area (Å²) in [6, 6.07) is 102. The Labute approximate surface area is 651 Å². The van der Waals surface area contributed by atoms with Crippen LogP contribution in [-0.2, 0) is 10.8 Å². The van der Waals surface area contributed by atoms with Gasteiger partial charge in [0.25, 0.3) is 0 Å². The van der Waals surface area contributed by atoms with Gasteiger partial charge in [-0.2, -0.15) is 0 Å². The predicted molar refractivity (Wildman–Crippen MR) is 447 cm³/mol. The first-order chi connectivity index (χ1) is 54.6. The molecule has 0 N–H and O–H groups in total. The van der Waals surface area contributed by atoms with Gasteiger partial charge in [-0.05, 0) is 136 Å². The Morgan fingerprint density at radius 1 is 0.179 bits per heavy atom. The fraction of sp³-hybridized carbons (Fsp3) is 0.103. The van der Waals surface area contributed by atoms with Crippen molar-refractivity contribution < 1.29 is 0 Å². The van der Waals surface area contributed by atoms with E-state index in [2.05, 4.69) is 289 Å². The molecule has 0 spiro atoms. The van der Waals surface area contributed by atoms with Gasteiger partial charge < -0.3 is 0 Å². The number of aryl methyl sites for hydroxylation is 4. The van der Waals surface area contributed by atoms with Crippen LogP contribution in [0.4, 0.5) is 0 Å². The number of aromatic nitrogens is 15. The van der Waals surface area contributed by atoms with Gasteiger partial charge in [-0.25, -0.2) is 74.8 Å². The molecule has 0 aliphatic heterocycles. The Morgan fingerprint density at radius 3 is 0.732 bits per heavy atom. The molecule has 0 unspecified atom stereocenters. The lowest BCUT2D eigenvalue weighted by atomic mass is 9.82. The fourth-order valence-electron chi connectivity index (χ4n) is 14.5. The molecule has 0 saturated heterocycles. The Morgan fingerprint density at radius 2 is 0.411 bits per heavy atom. The average molecular weight is 1450 g/mol. The van der Waals surface area contributed by atoms with E-state index < -0.39 is 0 Å². The largest absolute Gasteiger partial charge is 0.235 e. The van der Waals surface area contributed by atoms with Crippen molar-refractivity contribution in [2.24, 2.45) is 0 Å². The third-order valence-corrected chi connectivity index (χ3v) is 20.1. The van der Waals surface area contributed by atoms with Crippen molar-refractivity contribution >= 4 is 0 Å². The molecule has 540 valence electrons.